The summed E-state index contributed by atoms with van der Waals surface area (Å²) in [5, 5.41) is 0. The Hall–Kier alpha value is -1.32. The van der Waals surface area contributed by atoms with Crippen LogP contribution in [0.5, 0.6) is 0 Å². The van der Waals surface area contributed by atoms with Crippen molar-refractivity contribution < 1.29 is 19.1 Å². The predicted octanol–water partition coefficient (Wildman–Crippen LogP) is 8.47. The number of hydrogen-bond acceptors (Lipinski definition) is 4. The molecule has 0 bridgehead atoms. The molecule has 0 aliphatic heterocycles. The molecule has 0 aromatic heterocycles. The van der Waals surface area contributed by atoms with Gasteiger partial charge in [0.2, 0.25) is 0 Å². The quantitative estimate of drug-likeness (QED) is 0.0886. The lowest BCUT2D eigenvalue weighted by Crippen LogP contribution is -2.13. The second-order valence-corrected chi connectivity index (χ2v) is 9.19. The van der Waals surface area contributed by atoms with Crippen molar-refractivity contribution in [2.75, 3.05) is 6.61 Å². The van der Waals surface area contributed by atoms with Crippen LogP contribution in [-0.4, -0.2) is 24.6 Å². The molecule has 0 rings (SSSR count). The first kappa shape index (κ1) is 30.7. The lowest BCUT2D eigenvalue weighted by Gasteiger charge is -2.11. The lowest BCUT2D eigenvalue weighted by atomic mass is 10.0. The zero-order valence-corrected chi connectivity index (χ0v) is 21.5. The molecule has 0 fully saturated rings. The molecule has 188 valence electrons. The van der Waals surface area contributed by atoms with Crippen molar-refractivity contribution in [3.05, 3.63) is 12.2 Å². The predicted molar refractivity (Wildman–Crippen MR) is 135 cm³/mol. The van der Waals surface area contributed by atoms with Crippen molar-refractivity contribution in [2.45, 2.75) is 149 Å². The summed E-state index contributed by atoms with van der Waals surface area (Å²) in [5.41, 5.74) is 0. The highest BCUT2D eigenvalue weighted by atomic mass is 16.5. The number of hydrogen-bond donors (Lipinski definition) is 0. The van der Waals surface area contributed by atoms with Crippen LogP contribution in [-0.2, 0) is 19.1 Å². The molecule has 4 nitrogen and oxygen atoms in total. The van der Waals surface area contributed by atoms with Crippen LogP contribution in [0.15, 0.2) is 12.2 Å². The summed E-state index contributed by atoms with van der Waals surface area (Å²) in [6, 6.07) is 0. The van der Waals surface area contributed by atoms with E-state index in [4.69, 9.17) is 9.47 Å². The molecule has 0 aromatic rings. The Balaban J connectivity index is 3.45. The molecule has 0 heterocycles. The van der Waals surface area contributed by atoms with Crippen LogP contribution in [0, 0.1) is 0 Å². The first-order chi connectivity index (χ1) is 15.6. The first-order valence-corrected chi connectivity index (χ1v) is 13.7. The van der Waals surface area contributed by atoms with Gasteiger partial charge in [0.25, 0.3) is 0 Å². The van der Waals surface area contributed by atoms with Gasteiger partial charge >= 0.3 is 11.9 Å². The molecule has 32 heavy (non-hydrogen) atoms. The first-order valence-electron chi connectivity index (χ1n) is 13.7. The van der Waals surface area contributed by atoms with Crippen LogP contribution >= 0.6 is 0 Å². The van der Waals surface area contributed by atoms with Crippen molar-refractivity contribution in [2.24, 2.45) is 0 Å². The van der Waals surface area contributed by atoms with Crippen LogP contribution < -0.4 is 0 Å². The van der Waals surface area contributed by atoms with Gasteiger partial charge in [-0.15, -0.1) is 0 Å². The van der Waals surface area contributed by atoms with Gasteiger partial charge in [-0.25, -0.2) is 9.59 Å². The molecule has 0 saturated carbocycles. The highest BCUT2D eigenvalue weighted by Gasteiger charge is 2.07. The molecule has 0 aliphatic rings. The van der Waals surface area contributed by atoms with Crippen molar-refractivity contribution in [1.29, 1.82) is 0 Å². The zero-order valence-electron chi connectivity index (χ0n) is 21.5. The molecule has 0 N–H and O–H groups in total. The number of unbranched alkanes of at least 4 members (excludes halogenated alkanes) is 16. The molecular weight excluding hydrogens is 400 g/mol. The number of esters is 2. The van der Waals surface area contributed by atoms with Gasteiger partial charge in [-0.3, -0.25) is 0 Å². The number of ether oxygens (including phenoxy) is 2. The van der Waals surface area contributed by atoms with Gasteiger partial charge in [0.1, 0.15) is 0 Å². The summed E-state index contributed by atoms with van der Waals surface area (Å²) in [5.74, 6) is -0.936. The van der Waals surface area contributed by atoms with E-state index in [1.807, 2.05) is 6.92 Å². The molecular formula is C28H52O4. The van der Waals surface area contributed by atoms with Crippen LogP contribution in [0.2, 0.25) is 0 Å². The Morgan fingerprint density at radius 1 is 0.594 bits per heavy atom. The van der Waals surface area contributed by atoms with E-state index in [-0.39, 0.29) is 6.10 Å². The van der Waals surface area contributed by atoms with Gasteiger partial charge < -0.3 is 9.47 Å². The monoisotopic (exact) mass is 452 g/mol. The second kappa shape index (κ2) is 24.3. The summed E-state index contributed by atoms with van der Waals surface area (Å²) in [4.78, 5) is 23.4. The van der Waals surface area contributed by atoms with Gasteiger partial charge in [0.05, 0.1) is 12.7 Å². The smallest absolute Gasteiger partial charge is 0.331 e. The molecule has 0 aromatic carbocycles. The van der Waals surface area contributed by atoms with Crippen molar-refractivity contribution in [3.8, 4) is 0 Å². The third-order valence-electron chi connectivity index (χ3n) is 5.88. The van der Waals surface area contributed by atoms with Crippen LogP contribution in [0.1, 0.15) is 143 Å². The molecule has 0 aliphatic carbocycles. The molecule has 0 radical (unpaired) electrons. The van der Waals surface area contributed by atoms with E-state index in [2.05, 4.69) is 13.8 Å². The van der Waals surface area contributed by atoms with E-state index in [1.165, 1.54) is 108 Å². The number of rotatable bonds is 23. The van der Waals surface area contributed by atoms with Gasteiger partial charge in [-0.1, -0.05) is 117 Å². The molecule has 1 atom stereocenters. The Morgan fingerprint density at radius 2 is 1.00 bits per heavy atom. The minimum absolute atomic E-state index is 0.115. The maximum absolute atomic E-state index is 11.7. The normalized spacial score (nSPS) is 12.2. The maximum atomic E-state index is 11.7. The molecule has 0 spiro atoms. The second-order valence-electron chi connectivity index (χ2n) is 9.19. The van der Waals surface area contributed by atoms with E-state index < -0.39 is 11.9 Å². The van der Waals surface area contributed by atoms with E-state index in [0.29, 0.717) is 6.61 Å². The third kappa shape index (κ3) is 23.3. The fourth-order valence-electron chi connectivity index (χ4n) is 3.81. The Bertz CT molecular complexity index is 458. The zero-order chi connectivity index (χ0) is 23.7. The van der Waals surface area contributed by atoms with Crippen molar-refractivity contribution in [3.63, 3.8) is 0 Å². The average Bonchev–Trinajstić information content (AvgIpc) is 2.78. The fraction of sp³-hybridized carbons (Fsp3) is 0.857. The largest absolute Gasteiger partial charge is 0.463 e. The Morgan fingerprint density at radius 3 is 1.50 bits per heavy atom. The van der Waals surface area contributed by atoms with Gasteiger partial charge in [-0.05, 0) is 26.2 Å². The number of carbonyl (C=O) groups is 2. The minimum Gasteiger partial charge on any atom is -0.463 e. The molecule has 4 heteroatoms. The average molecular weight is 453 g/mol. The van der Waals surface area contributed by atoms with Crippen LogP contribution in [0.4, 0.5) is 0 Å². The highest BCUT2D eigenvalue weighted by molar-refractivity contribution is 5.91. The Kier molecular flexibility index (Phi) is 23.3. The van der Waals surface area contributed by atoms with Gasteiger partial charge in [-0.2, -0.15) is 0 Å². The standard InChI is InChI=1S/C28H52O4/c1-4-6-8-10-11-12-13-14-15-16-17-18-19-21-25-31-27(29)23-24-28(30)32-26(3)22-20-9-7-5-2/h23-24,26H,4-22,25H2,1-3H3/b24-23+. The van der Waals surface area contributed by atoms with Gasteiger partial charge in [0.15, 0.2) is 0 Å². The third-order valence-corrected chi connectivity index (χ3v) is 5.88. The van der Waals surface area contributed by atoms with Crippen molar-refractivity contribution >= 4 is 11.9 Å². The van der Waals surface area contributed by atoms with Gasteiger partial charge in [0, 0.05) is 12.2 Å². The topological polar surface area (TPSA) is 52.6 Å². The number of carbonyl (C=O) groups excluding carboxylic acids is 2. The SMILES string of the molecule is CCCCCCCCCCCCCCCCOC(=O)/C=C/C(=O)OC(C)CCCCCC. The molecule has 0 amide bonds. The highest BCUT2D eigenvalue weighted by Crippen LogP contribution is 2.13. The summed E-state index contributed by atoms with van der Waals surface area (Å²) in [7, 11) is 0. The Labute approximate surface area is 198 Å². The summed E-state index contributed by atoms with van der Waals surface area (Å²) in [6.07, 6.45) is 26.0. The maximum Gasteiger partial charge on any atom is 0.331 e. The summed E-state index contributed by atoms with van der Waals surface area (Å²) < 4.78 is 10.4. The summed E-state index contributed by atoms with van der Waals surface area (Å²) in [6.45, 7) is 6.75. The van der Waals surface area contributed by atoms with Crippen LogP contribution in [0.25, 0.3) is 0 Å². The van der Waals surface area contributed by atoms with Crippen molar-refractivity contribution in [1.82, 2.24) is 0 Å². The van der Waals surface area contributed by atoms with Crippen LogP contribution in [0.3, 0.4) is 0 Å². The fourth-order valence-corrected chi connectivity index (χ4v) is 3.81. The van der Waals surface area contributed by atoms with E-state index >= 15 is 0 Å². The van der Waals surface area contributed by atoms with E-state index in [1.54, 1.807) is 0 Å². The minimum atomic E-state index is -0.471. The summed E-state index contributed by atoms with van der Waals surface area (Å²) >= 11 is 0. The molecule has 1 unspecified atom stereocenters. The lowest BCUT2D eigenvalue weighted by molar-refractivity contribution is -0.143. The van der Waals surface area contributed by atoms with E-state index in [0.717, 1.165) is 25.7 Å². The van der Waals surface area contributed by atoms with E-state index in [9.17, 15) is 9.59 Å². The molecule has 0 saturated heterocycles.